The summed E-state index contributed by atoms with van der Waals surface area (Å²) in [6.07, 6.45) is 0.261. The number of alkyl halides is 2. The van der Waals surface area contributed by atoms with E-state index < -0.39 is 18.2 Å². The van der Waals surface area contributed by atoms with E-state index in [9.17, 15) is 18.7 Å². The predicted octanol–water partition coefficient (Wildman–Crippen LogP) is 4.33. The van der Waals surface area contributed by atoms with E-state index >= 15 is 0 Å². The molecule has 10 heteroatoms. The van der Waals surface area contributed by atoms with Gasteiger partial charge in [0.2, 0.25) is 0 Å². The van der Waals surface area contributed by atoms with Gasteiger partial charge in [-0.25, -0.2) is 18.7 Å². The van der Waals surface area contributed by atoms with E-state index in [2.05, 4.69) is 30.9 Å². The third-order valence-corrected chi connectivity index (χ3v) is 6.78. The fourth-order valence-electron chi connectivity index (χ4n) is 4.48. The number of likely N-dealkylation sites (tertiary alicyclic amines) is 1. The van der Waals surface area contributed by atoms with Gasteiger partial charge < -0.3 is 10.0 Å². The highest BCUT2D eigenvalue weighted by molar-refractivity contribution is 9.10. The maximum atomic E-state index is 13.6. The van der Waals surface area contributed by atoms with Crippen LogP contribution in [0.3, 0.4) is 0 Å². The molecular weight excluding hydrogens is 484 g/mol. The van der Waals surface area contributed by atoms with E-state index in [1.165, 1.54) is 0 Å². The Morgan fingerprint density at radius 3 is 2.88 bits per heavy atom. The van der Waals surface area contributed by atoms with Crippen molar-refractivity contribution in [3.05, 3.63) is 51.9 Å². The van der Waals surface area contributed by atoms with Crippen LogP contribution < -0.4 is 4.90 Å². The number of anilines is 2. The maximum absolute atomic E-state index is 13.6. The van der Waals surface area contributed by atoms with Crippen molar-refractivity contribution in [1.29, 1.82) is 0 Å². The van der Waals surface area contributed by atoms with Gasteiger partial charge in [-0.2, -0.15) is 0 Å². The highest BCUT2D eigenvalue weighted by atomic mass is 79.9. The molecule has 0 amide bonds. The van der Waals surface area contributed by atoms with Crippen molar-refractivity contribution in [1.82, 2.24) is 19.9 Å². The van der Waals surface area contributed by atoms with Gasteiger partial charge in [0.05, 0.1) is 11.4 Å². The topological polar surface area (TPSA) is 82.5 Å². The van der Waals surface area contributed by atoms with Crippen molar-refractivity contribution in [2.45, 2.75) is 25.8 Å². The number of halogens is 3. The van der Waals surface area contributed by atoms with E-state index in [4.69, 9.17) is 0 Å². The van der Waals surface area contributed by atoms with Crippen molar-refractivity contribution in [3.63, 3.8) is 0 Å². The molecule has 0 aliphatic carbocycles. The Hall–Kier alpha value is -2.72. The molecular formula is C22H20BrF2N5O2. The van der Waals surface area contributed by atoms with Gasteiger partial charge in [-0.05, 0) is 48.7 Å². The van der Waals surface area contributed by atoms with Gasteiger partial charge in [-0.15, -0.1) is 0 Å². The summed E-state index contributed by atoms with van der Waals surface area (Å²) in [5, 5.41) is 9.21. The Labute approximate surface area is 191 Å². The van der Waals surface area contributed by atoms with Crippen molar-refractivity contribution >= 4 is 44.4 Å². The lowest BCUT2D eigenvalue weighted by Gasteiger charge is -2.21. The predicted molar refractivity (Wildman–Crippen MR) is 118 cm³/mol. The number of nitrogens with zero attached hydrogens (tertiary/aromatic N) is 5. The molecule has 7 nitrogen and oxygen atoms in total. The van der Waals surface area contributed by atoms with E-state index in [0.717, 1.165) is 27.7 Å². The fraction of sp³-hybridized carbons (Fsp3) is 0.364. The van der Waals surface area contributed by atoms with Crippen LogP contribution in [-0.4, -0.2) is 50.6 Å². The number of hydrogen-bond donors (Lipinski definition) is 1. The molecule has 1 fully saturated rings. The molecule has 5 rings (SSSR count). The van der Waals surface area contributed by atoms with Crippen molar-refractivity contribution in [2.24, 2.45) is 5.92 Å². The van der Waals surface area contributed by atoms with E-state index in [-0.39, 0.29) is 5.92 Å². The van der Waals surface area contributed by atoms with Crippen LogP contribution in [0.1, 0.15) is 29.8 Å². The molecule has 1 atom stereocenters. The largest absolute Gasteiger partial charge is 0.481 e. The van der Waals surface area contributed by atoms with E-state index in [1.807, 2.05) is 28.0 Å². The normalized spacial score (nSPS) is 18.6. The number of pyridine rings is 1. The standard InChI is InChI=1S/C22H20BrF2N5O2/c23-15-2-1-3-17-14(15)5-7-30(17)21-18-16(27-20(28-21)19(24)25)8-12(9-26-18)10-29-6-4-13(11-29)22(31)32/h1-3,8-9,13,19H,4-7,10-11H2,(H,31,32)/t13-/m1/s1. The molecule has 0 saturated carbocycles. The summed E-state index contributed by atoms with van der Waals surface area (Å²) in [7, 11) is 0. The quantitative estimate of drug-likeness (QED) is 0.554. The minimum Gasteiger partial charge on any atom is -0.481 e. The number of aliphatic carboxylic acids is 1. The van der Waals surface area contributed by atoms with Crippen LogP contribution in [0.2, 0.25) is 0 Å². The molecule has 2 aromatic heterocycles. The monoisotopic (exact) mass is 503 g/mol. The smallest absolute Gasteiger partial charge is 0.307 e. The second kappa shape index (κ2) is 8.32. The van der Waals surface area contributed by atoms with Gasteiger partial charge >= 0.3 is 5.97 Å². The summed E-state index contributed by atoms with van der Waals surface area (Å²) in [5.74, 6) is -1.32. The van der Waals surface area contributed by atoms with Crippen LogP contribution >= 0.6 is 15.9 Å². The lowest BCUT2D eigenvalue weighted by atomic mass is 10.1. The maximum Gasteiger partial charge on any atom is 0.307 e. The highest BCUT2D eigenvalue weighted by Gasteiger charge is 2.29. The first-order valence-electron chi connectivity index (χ1n) is 10.4. The first-order chi connectivity index (χ1) is 15.4. The van der Waals surface area contributed by atoms with Crippen LogP contribution in [0, 0.1) is 5.92 Å². The van der Waals surface area contributed by atoms with Crippen molar-refractivity contribution < 1.29 is 18.7 Å². The van der Waals surface area contributed by atoms with Gasteiger partial charge in [0, 0.05) is 36.0 Å². The Bertz CT molecular complexity index is 1210. The number of fused-ring (bicyclic) bond motifs is 2. The summed E-state index contributed by atoms with van der Waals surface area (Å²) in [4.78, 5) is 28.0. The van der Waals surface area contributed by atoms with E-state index in [1.54, 1.807) is 12.3 Å². The number of hydrogen-bond acceptors (Lipinski definition) is 6. The zero-order valence-electron chi connectivity index (χ0n) is 17.0. The lowest BCUT2D eigenvalue weighted by Crippen LogP contribution is -2.23. The van der Waals surface area contributed by atoms with Crippen LogP contribution in [0.4, 0.5) is 20.3 Å². The van der Waals surface area contributed by atoms with Gasteiger partial charge in [0.15, 0.2) is 11.6 Å². The number of carbonyl (C=O) groups is 1. The molecule has 1 aromatic carbocycles. The molecule has 0 spiro atoms. The molecule has 4 heterocycles. The first-order valence-corrected chi connectivity index (χ1v) is 11.1. The van der Waals surface area contributed by atoms with Crippen LogP contribution in [0.15, 0.2) is 34.9 Å². The number of aromatic nitrogens is 3. The molecule has 3 aromatic rings. The number of benzene rings is 1. The highest BCUT2D eigenvalue weighted by Crippen LogP contribution is 2.40. The minimum atomic E-state index is -2.80. The second-order valence-electron chi connectivity index (χ2n) is 8.12. The SMILES string of the molecule is O=C(O)[C@@H]1CCN(Cc2cnc3c(N4CCc5c(Br)cccc54)nc(C(F)F)nc3c2)C1. The summed E-state index contributed by atoms with van der Waals surface area (Å²) < 4.78 is 28.2. The van der Waals surface area contributed by atoms with Crippen molar-refractivity contribution in [3.8, 4) is 0 Å². The zero-order valence-corrected chi connectivity index (χ0v) is 18.6. The third kappa shape index (κ3) is 3.81. The van der Waals surface area contributed by atoms with Crippen LogP contribution in [0.5, 0.6) is 0 Å². The average molecular weight is 504 g/mol. The lowest BCUT2D eigenvalue weighted by molar-refractivity contribution is -0.141. The Balaban J connectivity index is 1.52. The Morgan fingerprint density at radius 2 is 2.12 bits per heavy atom. The summed E-state index contributed by atoms with van der Waals surface area (Å²) in [6.45, 7) is 2.24. The molecule has 0 radical (unpaired) electrons. The Kier molecular flexibility index (Phi) is 5.50. The molecule has 0 bridgehead atoms. The summed E-state index contributed by atoms with van der Waals surface area (Å²) in [6, 6.07) is 7.57. The molecule has 2 aliphatic rings. The summed E-state index contributed by atoms with van der Waals surface area (Å²) in [5.41, 5.74) is 3.66. The van der Waals surface area contributed by atoms with Crippen molar-refractivity contribution in [2.75, 3.05) is 24.5 Å². The van der Waals surface area contributed by atoms with Gasteiger partial charge in [0.25, 0.3) is 6.43 Å². The summed E-state index contributed by atoms with van der Waals surface area (Å²) >= 11 is 3.56. The number of carboxylic acids is 1. The molecule has 2 aliphatic heterocycles. The fourth-order valence-corrected chi connectivity index (χ4v) is 5.04. The molecule has 32 heavy (non-hydrogen) atoms. The van der Waals surface area contributed by atoms with Gasteiger partial charge in [0.1, 0.15) is 5.52 Å². The average Bonchev–Trinajstić information content (AvgIpc) is 3.41. The minimum absolute atomic E-state index is 0.361. The molecule has 0 unspecified atom stereocenters. The first kappa shape index (κ1) is 21.1. The number of carboxylic acid groups (broad SMARTS) is 1. The number of rotatable bonds is 5. The third-order valence-electron chi connectivity index (χ3n) is 6.04. The van der Waals surface area contributed by atoms with Crippen LogP contribution in [-0.2, 0) is 17.8 Å². The van der Waals surface area contributed by atoms with Gasteiger partial charge in [-0.1, -0.05) is 22.0 Å². The molecule has 1 saturated heterocycles. The molecule has 1 N–H and O–H groups in total. The molecule has 166 valence electrons. The second-order valence-corrected chi connectivity index (χ2v) is 8.97. The zero-order chi connectivity index (χ0) is 22.4. The van der Waals surface area contributed by atoms with Gasteiger partial charge in [-0.3, -0.25) is 14.7 Å². The van der Waals surface area contributed by atoms with E-state index in [0.29, 0.717) is 49.5 Å². The van der Waals surface area contributed by atoms with Crippen LogP contribution in [0.25, 0.3) is 11.0 Å². The Morgan fingerprint density at radius 1 is 1.28 bits per heavy atom.